The molecule has 0 fully saturated rings. The van der Waals surface area contributed by atoms with Crippen molar-refractivity contribution in [3.8, 4) is 0 Å². The van der Waals surface area contributed by atoms with Gasteiger partial charge in [0.15, 0.2) is 9.84 Å². The Morgan fingerprint density at radius 3 is 2.17 bits per heavy atom. The van der Waals surface area contributed by atoms with Crippen LogP contribution in [0.5, 0.6) is 0 Å². The summed E-state index contributed by atoms with van der Waals surface area (Å²) in [7, 11) is -3.28. The Morgan fingerprint density at radius 1 is 1.04 bits per heavy atom. The first kappa shape index (κ1) is 17.6. The molecule has 8 heteroatoms. The Bertz CT molecular complexity index is 860. The van der Waals surface area contributed by atoms with Crippen LogP contribution >= 0.6 is 0 Å². The van der Waals surface area contributed by atoms with Gasteiger partial charge in [0.25, 0.3) is 0 Å². The molecule has 0 radical (unpaired) electrons. The normalized spacial score (nSPS) is 11.9. The minimum absolute atomic E-state index is 0.165. The lowest BCUT2D eigenvalue weighted by Gasteiger charge is -2.06. The van der Waals surface area contributed by atoms with Crippen molar-refractivity contribution in [2.24, 2.45) is 5.10 Å². The molecule has 0 aliphatic rings. The second kappa shape index (κ2) is 7.22. The summed E-state index contributed by atoms with van der Waals surface area (Å²) in [5.41, 5.74) is 3.93. The first-order valence-electron chi connectivity index (χ1n) is 6.93. The molecule has 0 aliphatic carbocycles. The number of urea groups is 1. The third-order valence-corrected chi connectivity index (χ3v) is 4.26. The summed E-state index contributed by atoms with van der Waals surface area (Å²) in [6.45, 7) is 1.68. The molecule has 2 aromatic carbocycles. The molecule has 0 saturated heterocycles. The predicted molar refractivity (Wildman–Crippen MR) is 90.3 cm³/mol. The first-order chi connectivity index (χ1) is 11.3. The van der Waals surface area contributed by atoms with Gasteiger partial charge in [0.05, 0.1) is 10.6 Å². The molecular formula is C16H16FN3O3S. The lowest BCUT2D eigenvalue weighted by molar-refractivity contribution is 0.252. The Hall–Kier alpha value is -2.74. The monoisotopic (exact) mass is 349 g/mol. The van der Waals surface area contributed by atoms with Crippen molar-refractivity contribution in [1.82, 2.24) is 5.43 Å². The fraction of sp³-hybridized carbons (Fsp3) is 0.125. The highest BCUT2D eigenvalue weighted by molar-refractivity contribution is 7.90. The molecule has 6 nitrogen and oxygen atoms in total. The number of rotatable bonds is 4. The Kier molecular flexibility index (Phi) is 5.30. The highest BCUT2D eigenvalue weighted by atomic mass is 32.2. The van der Waals surface area contributed by atoms with E-state index in [2.05, 4.69) is 15.8 Å². The van der Waals surface area contributed by atoms with E-state index in [4.69, 9.17) is 0 Å². The van der Waals surface area contributed by atoms with Gasteiger partial charge in [0, 0.05) is 11.9 Å². The average Bonchev–Trinajstić information content (AvgIpc) is 2.53. The number of amides is 2. The molecule has 0 heterocycles. The van der Waals surface area contributed by atoms with Gasteiger partial charge < -0.3 is 5.32 Å². The van der Waals surface area contributed by atoms with Crippen LogP contribution in [0.3, 0.4) is 0 Å². The van der Waals surface area contributed by atoms with Crippen LogP contribution in [0.1, 0.15) is 12.5 Å². The maximum atomic E-state index is 12.9. The van der Waals surface area contributed by atoms with Gasteiger partial charge in [-0.1, -0.05) is 12.1 Å². The molecule has 0 atom stereocenters. The van der Waals surface area contributed by atoms with Crippen LogP contribution in [0.25, 0.3) is 0 Å². The van der Waals surface area contributed by atoms with Crippen LogP contribution < -0.4 is 10.7 Å². The lowest BCUT2D eigenvalue weighted by atomic mass is 10.1. The van der Waals surface area contributed by atoms with Crippen LogP contribution in [0, 0.1) is 5.82 Å². The average molecular weight is 349 g/mol. The molecule has 2 rings (SSSR count). The summed E-state index contributed by atoms with van der Waals surface area (Å²) >= 11 is 0. The third kappa shape index (κ3) is 4.88. The quantitative estimate of drug-likeness (QED) is 0.657. The number of hydrogen-bond acceptors (Lipinski definition) is 4. The largest absolute Gasteiger partial charge is 0.339 e. The van der Waals surface area contributed by atoms with E-state index >= 15 is 0 Å². The standard InChI is InChI=1S/C16H16FN3O3S/c1-11(12-3-5-13(17)6-4-12)19-20-16(21)18-14-7-9-15(10-8-14)24(2,22)23/h3-10H,1-2H3,(H2,18,20,21)/b19-11-. The SMILES string of the molecule is C/C(=N/NC(=O)Nc1ccc(S(C)(=O)=O)cc1)c1ccc(F)cc1. The summed E-state index contributed by atoms with van der Waals surface area (Å²) in [5, 5.41) is 6.44. The van der Waals surface area contributed by atoms with E-state index in [1.54, 1.807) is 19.1 Å². The molecule has 126 valence electrons. The van der Waals surface area contributed by atoms with Gasteiger partial charge in [-0.3, -0.25) is 0 Å². The molecule has 0 aromatic heterocycles. The van der Waals surface area contributed by atoms with Gasteiger partial charge in [-0.05, 0) is 48.9 Å². The number of sulfone groups is 1. The smallest absolute Gasteiger partial charge is 0.307 e. The number of anilines is 1. The van der Waals surface area contributed by atoms with E-state index in [1.165, 1.54) is 36.4 Å². The maximum absolute atomic E-state index is 12.9. The van der Waals surface area contributed by atoms with Crippen LogP contribution in [0.4, 0.5) is 14.9 Å². The molecule has 2 aromatic rings. The minimum atomic E-state index is -3.28. The molecule has 0 unspecified atom stereocenters. The van der Waals surface area contributed by atoms with Crippen molar-refractivity contribution in [3.05, 3.63) is 59.9 Å². The zero-order valence-electron chi connectivity index (χ0n) is 13.1. The maximum Gasteiger partial charge on any atom is 0.339 e. The minimum Gasteiger partial charge on any atom is -0.307 e. The lowest BCUT2D eigenvalue weighted by Crippen LogP contribution is -2.25. The Balaban J connectivity index is 1.98. The van der Waals surface area contributed by atoms with Crippen molar-refractivity contribution in [2.45, 2.75) is 11.8 Å². The van der Waals surface area contributed by atoms with Gasteiger partial charge in [0.2, 0.25) is 0 Å². The van der Waals surface area contributed by atoms with Crippen molar-refractivity contribution >= 4 is 27.3 Å². The second-order valence-electron chi connectivity index (χ2n) is 5.07. The summed E-state index contributed by atoms with van der Waals surface area (Å²) in [6, 6.07) is 10.9. The van der Waals surface area contributed by atoms with E-state index < -0.39 is 15.9 Å². The van der Waals surface area contributed by atoms with Crippen molar-refractivity contribution in [3.63, 3.8) is 0 Å². The van der Waals surface area contributed by atoms with E-state index in [1.807, 2.05) is 0 Å². The van der Waals surface area contributed by atoms with E-state index in [0.717, 1.165) is 6.26 Å². The van der Waals surface area contributed by atoms with Gasteiger partial charge in [-0.25, -0.2) is 23.0 Å². The number of nitrogens with zero attached hydrogens (tertiary/aromatic N) is 1. The highest BCUT2D eigenvalue weighted by Crippen LogP contribution is 2.13. The number of nitrogens with one attached hydrogen (secondary N) is 2. The van der Waals surface area contributed by atoms with Gasteiger partial charge in [0.1, 0.15) is 5.82 Å². The predicted octanol–water partition coefficient (Wildman–Crippen LogP) is 2.77. The molecule has 24 heavy (non-hydrogen) atoms. The summed E-state index contributed by atoms with van der Waals surface area (Å²) < 4.78 is 35.6. The summed E-state index contributed by atoms with van der Waals surface area (Å²) in [5.74, 6) is -0.352. The van der Waals surface area contributed by atoms with Crippen molar-refractivity contribution in [2.75, 3.05) is 11.6 Å². The van der Waals surface area contributed by atoms with E-state index in [9.17, 15) is 17.6 Å². The topological polar surface area (TPSA) is 87.6 Å². The molecule has 0 bridgehead atoms. The molecule has 2 N–H and O–H groups in total. The first-order valence-corrected chi connectivity index (χ1v) is 8.82. The van der Waals surface area contributed by atoms with Gasteiger partial charge >= 0.3 is 6.03 Å². The number of carbonyl (C=O) groups excluding carboxylic acids is 1. The molecule has 2 amide bonds. The number of benzene rings is 2. The highest BCUT2D eigenvalue weighted by Gasteiger charge is 2.07. The van der Waals surface area contributed by atoms with Gasteiger partial charge in [-0.2, -0.15) is 5.10 Å². The molecule has 0 spiro atoms. The zero-order valence-corrected chi connectivity index (χ0v) is 13.9. The van der Waals surface area contributed by atoms with Gasteiger partial charge in [-0.15, -0.1) is 0 Å². The summed E-state index contributed by atoms with van der Waals surface area (Å²) in [6.07, 6.45) is 1.11. The fourth-order valence-electron chi connectivity index (χ4n) is 1.83. The third-order valence-electron chi connectivity index (χ3n) is 3.13. The van der Waals surface area contributed by atoms with Crippen molar-refractivity contribution < 1.29 is 17.6 Å². The van der Waals surface area contributed by atoms with E-state index in [-0.39, 0.29) is 10.7 Å². The number of carbonyl (C=O) groups is 1. The van der Waals surface area contributed by atoms with E-state index in [0.29, 0.717) is 17.0 Å². The Morgan fingerprint density at radius 2 is 1.62 bits per heavy atom. The molecule has 0 saturated carbocycles. The Labute approximate surface area is 139 Å². The summed E-state index contributed by atoms with van der Waals surface area (Å²) in [4.78, 5) is 11.9. The molecular weight excluding hydrogens is 333 g/mol. The zero-order chi connectivity index (χ0) is 17.7. The number of hydrazone groups is 1. The van der Waals surface area contributed by atoms with Crippen LogP contribution in [-0.4, -0.2) is 26.4 Å². The van der Waals surface area contributed by atoms with Crippen LogP contribution in [0.2, 0.25) is 0 Å². The number of hydrogen-bond donors (Lipinski definition) is 2. The second-order valence-corrected chi connectivity index (χ2v) is 7.08. The fourth-order valence-corrected chi connectivity index (χ4v) is 2.47. The molecule has 0 aliphatic heterocycles. The van der Waals surface area contributed by atoms with Crippen molar-refractivity contribution in [1.29, 1.82) is 0 Å². The van der Waals surface area contributed by atoms with Crippen LogP contribution in [-0.2, 0) is 9.84 Å². The number of halogens is 1. The van der Waals surface area contributed by atoms with Crippen LogP contribution in [0.15, 0.2) is 58.5 Å².